The zero-order valence-corrected chi connectivity index (χ0v) is 19.7. The van der Waals surface area contributed by atoms with Gasteiger partial charge in [0.25, 0.3) is 0 Å². The minimum Gasteiger partial charge on any atom is -0.398 e. The number of benzene rings is 4. The first-order valence-electron chi connectivity index (χ1n) is 11.1. The molecule has 0 fully saturated rings. The van der Waals surface area contributed by atoms with Gasteiger partial charge < -0.3 is 5.73 Å². The predicted octanol–water partition coefficient (Wildman–Crippen LogP) is 8.84. The summed E-state index contributed by atoms with van der Waals surface area (Å²) in [6.45, 7) is 14.9. The fourth-order valence-electron chi connectivity index (χ4n) is 3.52. The van der Waals surface area contributed by atoms with Gasteiger partial charge in [-0.05, 0) is 63.6 Å². The third kappa shape index (κ3) is 5.86. The molecule has 0 unspecified atom stereocenters. The van der Waals surface area contributed by atoms with Crippen LogP contribution in [0, 0.1) is 6.92 Å². The zero-order valence-electron chi connectivity index (χ0n) is 19.7. The molecule has 158 valence electrons. The molecule has 0 amide bonds. The summed E-state index contributed by atoms with van der Waals surface area (Å²) >= 11 is 0. The van der Waals surface area contributed by atoms with Crippen molar-refractivity contribution in [2.75, 3.05) is 5.73 Å². The van der Waals surface area contributed by atoms with E-state index in [2.05, 4.69) is 101 Å². The number of anilines is 1. The number of nitrogens with two attached hydrogens (primary N) is 1. The molecule has 0 radical (unpaired) electrons. The first-order chi connectivity index (χ1) is 14.3. The highest BCUT2D eigenvalue weighted by Gasteiger charge is 2.05. The second-order valence-corrected chi connectivity index (χ2v) is 8.25. The third-order valence-electron chi connectivity index (χ3n) is 5.26. The van der Waals surface area contributed by atoms with E-state index >= 15 is 0 Å². The number of fused-ring (bicyclic) bond motifs is 2. The molecule has 4 aromatic rings. The molecular weight excluding hydrogens is 362 g/mol. The summed E-state index contributed by atoms with van der Waals surface area (Å²) in [5.74, 6) is 1.10. The van der Waals surface area contributed by atoms with E-state index in [0.717, 1.165) is 5.69 Å². The maximum atomic E-state index is 5.99. The molecular formula is C29H37N. The molecule has 0 aliphatic rings. The highest BCUT2D eigenvalue weighted by atomic mass is 14.6. The molecule has 0 spiro atoms. The summed E-state index contributed by atoms with van der Waals surface area (Å²) in [6, 6.07) is 25.9. The monoisotopic (exact) mass is 399 g/mol. The first-order valence-corrected chi connectivity index (χ1v) is 11.1. The van der Waals surface area contributed by atoms with E-state index < -0.39 is 0 Å². The summed E-state index contributed by atoms with van der Waals surface area (Å²) < 4.78 is 0. The smallest absolute Gasteiger partial charge is 0.0355 e. The standard InChI is InChI=1S/C14H16.C13H15N.C2H6/c1-10(2)12-6-7-13-8-11(3)4-5-14(13)9-12;1-9(2)12-7-10-5-3-4-6-11(10)8-13(12)14;1-2/h4-10H,1-3H3;3-9H,14H2,1-2H3;1-2H3. The van der Waals surface area contributed by atoms with Crippen molar-refractivity contribution in [3.63, 3.8) is 0 Å². The van der Waals surface area contributed by atoms with E-state index in [9.17, 15) is 0 Å². The summed E-state index contributed by atoms with van der Waals surface area (Å²) in [5, 5.41) is 5.18. The first kappa shape index (κ1) is 23.5. The van der Waals surface area contributed by atoms with E-state index in [1.165, 1.54) is 38.2 Å². The predicted molar refractivity (Wildman–Crippen MR) is 137 cm³/mol. The van der Waals surface area contributed by atoms with Crippen molar-refractivity contribution in [2.24, 2.45) is 0 Å². The van der Waals surface area contributed by atoms with Gasteiger partial charge in [0.15, 0.2) is 0 Å². The van der Waals surface area contributed by atoms with Crippen molar-refractivity contribution in [3.8, 4) is 0 Å². The Morgan fingerprint density at radius 3 is 1.73 bits per heavy atom. The van der Waals surface area contributed by atoms with Gasteiger partial charge in [-0.3, -0.25) is 0 Å². The van der Waals surface area contributed by atoms with Crippen LogP contribution in [0.25, 0.3) is 21.5 Å². The summed E-state index contributed by atoms with van der Waals surface area (Å²) in [5.41, 5.74) is 10.9. The van der Waals surface area contributed by atoms with E-state index in [1.54, 1.807) is 0 Å². The van der Waals surface area contributed by atoms with E-state index in [-0.39, 0.29) is 0 Å². The fraction of sp³-hybridized carbons (Fsp3) is 0.310. The van der Waals surface area contributed by atoms with Crippen LogP contribution in [0.1, 0.15) is 70.1 Å². The molecule has 4 aromatic carbocycles. The zero-order chi connectivity index (χ0) is 22.3. The molecule has 1 heteroatoms. The fourth-order valence-corrected chi connectivity index (χ4v) is 3.52. The molecule has 0 heterocycles. The Morgan fingerprint density at radius 1 is 0.600 bits per heavy atom. The SMILES string of the molecule is CC.CC(C)c1cc2ccccc2cc1N.Cc1ccc2cc(C(C)C)ccc2c1. The van der Waals surface area contributed by atoms with Gasteiger partial charge >= 0.3 is 0 Å². The van der Waals surface area contributed by atoms with Crippen LogP contribution >= 0.6 is 0 Å². The van der Waals surface area contributed by atoms with Crippen LogP contribution in [0.3, 0.4) is 0 Å². The molecule has 30 heavy (non-hydrogen) atoms. The Labute approximate surface area is 182 Å². The lowest BCUT2D eigenvalue weighted by Crippen LogP contribution is -1.96. The third-order valence-corrected chi connectivity index (χ3v) is 5.26. The van der Waals surface area contributed by atoms with E-state index in [0.29, 0.717) is 11.8 Å². The van der Waals surface area contributed by atoms with Crippen LogP contribution in [0.15, 0.2) is 72.8 Å². The van der Waals surface area contributed by atoms with E-state index in [4.69, 9.17) is 5.73 Å². The van der Waals surface area contributed by atoms with Gasteiger partial charge in [-0.2, -0.15) is 0 Å². The van der Waals surface area contributed by atoms with Crippen LogP contribution < -0.4 is 5.73 Å². The van der Waals surface area contributed by atoms with Crippen molar-refractivity contribution in [2.45, 2.75) is 60.3 Å². The van der Waals surface area contributed by atoms with Crippen molar-refractivity contribution in [3.05, 3.63) is 89.5 Å². The second-order valence-electron chi connectivity index (χ2n) is 8.25. The average Bonchev–Trinajstić information content (AvgIpc) is 2.74. The Balaban J connectivity index is 0.000000197. The summed E-state index contributed by atoms with van der Waals surface area (Å²) in [4.78, 5) is 0. The Bertz CT molecular complexity index is 1090. The molecule has 2 N–H and O–H groups in total. The maximum Gasteiger partial charge on any atom is 0.0355 e. The normalized spacial score (nSPS) is 10.6. The maximum absolute atomic E-state index is 5.99. The average molecular weight is 400 g/mol. The Hall–Kier alpha value is -2.80. The van der Waals surface area contributed by atoms with Crippen LogP contribution in [0.5, 0.6) is 0 Å². The molecule has 0 saturated carbocycles. The van der Waals surface area contributed by atoms with Gasteiger partial charge in [0.05, 0.1) is 0 Å². The highest BCUT2D eigenvalue weighted by Crippen LogP contribution is 2.27. The lowest BCUT2D eigenvalue weighted by molar-refractivity contribution is 0.869. The minimum atomic E-state index is 0.486. The van der Waals surface area contributed by atoms with Gasteiger partial charge in [0, 0.05) is 5.69 Å². The number of rotatable bonds is 2. The van der Waals surface area contributed by atoms with Crippen LogP contribution in [0.4, 0.5) is 5.69 Å². The van der Waals surface area contributed by atoms with Crippen molar-refractivity contribution < 1.29 is 0 Å². The number of hydrogen-bond acceptors (Lipinski definition) is 1. The molecule has 0 atom stereocenters. The lowest BCUT2D eigenvalue weighted by Gasteiger charge is -2.10. The van der Waals surface area contributed by atoms with Crippen molar-refractivity contribution >= 4 is 27.2 Å². The molecule has 1 nitrogen and oxygen atoms in total. The highest BCUT2D eigenvalue weighted by molar-refractivity contribution is 5.87. The minimum absolute atomic E-state index is 0.486. The van der Waals surface area contributed by atoms with Gasteiger partial charge in [0.1, 0.15) is 0 Å². The second kappa shape index (κ2) is 10.8. The van der Waals surface area contributed by atoms with Crippen molar-refractivity contribution in [1.82, 2.24) is 0 Å². The van der Waals surface area contributed by atoms with Crippen LogP contribution in [0.2, 0.25) is 0 Å². The van der Waals surface area contributed by atoms with E-state index in [1.807, 2.05) is 19.9 Å². The largest absolute Gasteiger partial charge is 0.398 e. The molecule has 0 aliphatic heterocycles. The molecule has 4 rings (SSSR count). The summed E-state index contributed by atoms with van der Waals surface area (Å²) in [6.07, 6.45) is 0. The van der Waals surface area contributed by atoms with Gasteiger partial charge in [0.2, 0.25) is 0 Å². The molecule has 0 bridgehead atoms. The summed E-state index contributed by atoms with van der Waals surface area (Å²) in [7, 11) is 0. The number of aryl methyl sites for hydroxylation is 1. The Kier molecular flexibility index (Phi) is 8.47. The van der Waals surface area contributed by atoms with Crippen LogP contribution in [-0.2, 0) is 0 Å². The lowest BCUT2D eigenvalue weighted by atomic mass is 9.97. The molecule has 0 aliphatic carbocycles. The number of nitrogen functional groups attached to an aromatic ring is 1. The Morgan fingerprint density at radius 2 is 1.13 bits per heavy atom. The van der Waals surface area contributed by atoms with Crippen LogP contribution in [-0.4, -0.2) is 0 Å². The van der Waals surface area contributed by atoms with Gasteiger partial charge in [-0.1, -0.05) is 108 Å². The van der Waals surface area contributed by atoms with Crippen molar-refractivity contribution in [1.29, 1.82) is 0 Å². The van der Waals surface area contributed by atoms with Gasteiger partial charge in [-0.25, -0.2) is 0 Å². The molecule has 0 saturated heterocycles. The molecule has 0 aromatic heterocycles. The topological polar surface area (TPSA) is 26.0 Å². The quantitative estimate of drug-likeness (QED) is 0.335. The number of hydrogen-bond donors (Lipinski definition) is 1. The van der Waals surface area contributed by atoms with Gasteiger partial charge in [-0.15, -0.1) is 0 Å².